The molecule has 1 unspecified atom stereocenters. The zero-order valence-electron chi connectivity index (χ0n) is 8.55. The van der Waals surface area contributed by atoms with Gasteiger partial charge in [-0.25, -0.2) is 0 Å². The first-order chi connectivity index (χ1) is 5.40. The Hall–Kier alpha value is -0.370. The summed E-state index contributed by atoms with van der Waals surface area (Å²) in [5.74, 6) is 0. The van der Waals surface area contributed by atoms with Crippen LogP contribution in [0.4, 0.5) is 0 Å². The third kappa shape index (κ3) is 1.53. The molecule has 1 saturated heterocycles. The van der Waals surface area contributed by atoms with Crippen molar-refractivity contribution in [1.29, 1.82) is 0 Å². The van der Waals surface area contributed by atoms with E-state index in [1.54, 1.807) is 0 Å². The molecule has 0 saturated carbocycles. The van der Waals surface area contributed by atoms with Crippen LogP contribution in [-0.4, -0.2) is 28.8 Å². The lowest BCUT2D eigenvalue weighted by Crippen LogP contribution is -2.52. The molecule has 1 aliphatic rings. The van der Waals surface area contributed by atoms with Crippen LogP contribution in [0.2, 0.25) is 0 Å². The Kier molecular flexibility index (Phi) is 2.30. The van der Waals surface area contributed by atoms with Crippen molar-refractivity contribution in [2.75, 3.05) is 6.54 Å². The molecule has 0 N–H and O–H groups in total. The summed E-state index contributed by atoms with van der Waals surface area (Å²) in [5.41, 5.74) is -0.0928. The molecule has 1 fully saturated rings. The third-order valence-corrected chi connectivity index (χ3v) is 2.74. The molecule has 0 radical (unpaired) electrons. The van der Waals surface area contributed by atoms with E-state index in [2.05, 4.69) is 25.7 Å². The average molecular weight is 169 g/mol. The lowest BCUT2D eigenvalue weighted by Gasteiger charge is -2.40. The average Bonchev–Trinajstić information content (AvgIpc) is 2.31. The summed E-state index contributed by atoms with van der Waals surface area (Å²) in [5, 5.41) is 0. The molecule has 70 valence electrons. The standard InChI is InChI=1S/C10H19NO/c1-9(2,3)11-7-5-6-10(11,4)8-12/h8H,5-7H2,1-4H3. The van der Waals surface area contributed by atoms with Crippen molar-refractivity contribution in [3.8, 4) is 0 Å². The van der Waals surface area contributed by atoms with E-state index in [1.165, 1.54) is 0 Å². The minimum Gasteiger partial charge on any atom is -0.301 e. The zero-order valence-corrected chi connectivity index (χ0v) is 8.55. The number of rotatable bonds is 1. The van der Waals surface area contributed by atoms with Crippen LogP contribution in [0.25, 0.3) is 0 Å². The Bertz CT molecular complexity index is 183. The molecule has 0 amide bonds. The summed E-state index contributed by atoms with van der Waals surface area (Å²) in [6.45, 7) is 9.59. The maximum Gasteiger partial charge on any atom is 0.139 e. The molecule has 0 aromatic carbocycles. The summed E-state index contributed by atoms with van der Waals surface area (Å²) < 4.78 is 0. The molecule has 1 heterocycles. The van der Waals surface area contributed by atoms with Crippen LogP contribution in [-0.2, 0) is 4.79 Å². The van der Waals surface area contributed by atoms with Crippen LogP contribution in [0.3, 0.4) is 0 Å². The van der Waals surface area contributed by atoms with Crippen molar-refractivity contribution >= 4 is 6.29 Å². The highest BCUT2D eigenvalue weighted by Crippen LogP contribution is 2.33. The van der Waals surface area contributed by atoms with Crippen molar-refractivity contribution in [1.82, 2.24) is 4.90 Å². The highest BCUT2D eigenvalue weighted by Gasteiger charge is 2.41. The molecule has 0 aromatic heterocycles. The molecule has 2 nitrogen and oxygen atoms in total. The molecular weight excluding hydrogens is 150 g/mol. The van der Waals surface area contributed by atoms with Crippen molar-refractivity contribution < 1.29 is 4.79 Å². The number of hydrogen-bond acceptors (Lipinski definition) is 2. The van der Waals surface area contributed by atoms with Crippen LogP contribution < -0.4 is 0 Å². The fourth-order valence-corrected chi connectivity index (χ4v) is 2.21. The van der Waals surface area contributed by atoms with E-state index in [0.717, 1.165) is 25.7 Å². The van der Waals surface area contributed by atoms with Gasteiger partial charge in [-0.05, 0) is 47.1 Å². The second-order valence-electron chi connectivity index (χ2n) is 4.90. The van der Waals surface area contributed by atoms with E-state index in [0.29, 0.717) is 0 Å². The number of nitrogens with zero attached hydrogens (tertiary/aromatic N) is 1. The molecule has 0 aliphatic carbocycles. The first-order valence-corrected chi connectivity index (χ1v) is 4.64. The largest absolute Gasteiger partial charge is 0.301 e. The number of likely N-dealkylation sites (tertiary alicyclic amines) is 1. The predicted molar refractivity (Wildman–Crippen MR) is 50.2 cm³/mol. The molecule has 1 atom stereocenters. The van der Waals surface area contributed by atoms with E-state index >= 15 is 0 Å². The van der Waals surface area contributed by atoms with Gasteiger partial charge in [0.25, 0.3) is 0 Å². The zero-order chi connectivity index (χ0) is 9.41. The van der Waals surface area contributed by atoms with Gasteiger partial charge in [0, 0.05) is 5.54 Å². The minimum absolute atomic E-state index is 0.117. The van der Waals surface area contributed by atoms with E-state index in [-0.39, 0.29) is 11.1 Å². The van der Waals surface area contributed by atoms with Gasteiger partial charge in [-0.1, -0.05) is 0 Å². The van der Waals surface area contributed by atoms with Gasteiger partial charge in [0.15, 0.2) is 0 Å². The Morgan fingerprint density at radius 1 is 1.42 bits per heavy atom. The Balaban J connectivity index is 2.84. The van der Waals surface area contributed by atoms with Crippen molar-refractivity contribution in [3.63, 3.8) is 0 Å². The van der Waals surface area contributed by atoms with Gasteiger partial charge in [-0.15, -0.1) is 0 Å². The minimum atomic E-state index is -0.210. The van der Waals surface area contributed by atoms with Gasteiger partial charge in [0.1, 0.15) is 6.29 Å². The van der Waals surface area contributed by atoms with Crippen LogP contribution in [0.15, 0.2) is 0 Å². The smallest absolute Gasteiger partial charge is 0.139 e. The fraction of sp³-hybridized carbons (Fsp3) is 0.900. The van der Waals surface area contributed by atoms with Gasteiger partial charge in [0.2, 0.25) is 0 Å². The Labute approximate surface area is 74.9 Å². The summed E-state index contributed by atoms with van der Waals surface area (Å²) >= 11 is 0. The van der Waals surface area contributed by atoms with E-state index in [1.807, 2.05) is 6.92 Å². The van der Waals surface area contributed by atoms with Gasteiger partial charge in [-0.2, -0.15) is 0 Å². The summed E-state index contributed by atoms with van der Waals surface area (Å²) in [7, 11) is 0. The lowest BCUT2D eigenvalue weighted by atomic mass is 9.95. The highest BCUT2D eigenvalue weighted by molar-refractivity contribution is 5.64. The molecule has 1 rings (SSSR count). The second kappa shape index (κ2) is 2.84. The quantitative estimate of drug-likeness (QED) is 0.558. The molecule has 12 heavy (non-hydrogen) atoms. The molecule has 2 heteroatoms. The topological polar surface area (TPSA) is 20.3 Å². The summed E-state index contributed by atoms with van der Waals surface area (Å²) in [4.78, 5) is 13.2. The SMILES string of the molecule is CC(C)(C)N1CCCC1(C)C=O. The van der Waals surface area contributed by atoms with E-state index in [9.17, 15) is 4.79 Å². The predicted octanol–water partition coefficient (Wildman–Crippen LogP) is 1.84. The van der Waals surface area contributed by atoms with Crippen molar-refractivity contribution in [2.24, 2.45) is 0 Å². The maximum atomic E-state index is 10.9. The molecular formula is C10H19NO. The summed E-state index contributed by atoms with van der Waals surface area (Å²) in [6.07, 6.45) is 3.26. The van der Waals surface area contributed by atoms with Crippen LogP contribution in [0.5, 0.6) is 0 Å². The van der Waals surface area contributed by atoms with E-state index < -0.39 is 0 Å². The lowest BCUT2D eigenvalue weighted by molar-refractivity contribution is -0.118. The first kappa shape index (κ1) is 9.72. The van der Waals surface area contributed by atoms with Crippen LogP contribution in [0.1, 0.15) is 40.5 Å². The highest BCUT2D eigenvalue weighted by atomic mass is 16.1. The van der Waals surface area contributed by atoms with Gasteiger partial charge in [-0.3, -0.25) is 4.90 Å². The fourth-order valence-electron chi connectivity index (χ4n) is 2.21. The maximum absolute atomic E-state index is 10.9. The number of aldehydes is 1. The summed E-state index contributed by atoms with van der Waals surface area (Å²) in [6, 6.07) is 0. The normalized spacial score (nSPS) is 32.3. The van der Waals surface area contributed by atoms with Gasteiger partial charge < -0.3 is 4.79 Å². The van der Waals surface area contributed by atoms with Crippen LogP contribution >= 0.6 is 0 Å². The third-order valence-electron chi connectivity index (χ3n) is 2.74. The number of carbonyl (C=O) groups excluding carboxylic acids is 1. The molecule has 0 aromatic rings. The van der Waals surface area contributed by atoms with Crippen molar-refractivity contribution in [3.05, 3.63) is 0 Å². The van der Waals surface area contributed by atoms with Gasteiger partial charge >= 0.3 is 0 Å². The first-order valence-electron chi connectivity index (χ1n) is 4.64. The number of hydrogen-bond donors (Lipinski definition) is 0. The number of carbonyl (C=O) groups is 1. The van der Waals surface area contributed by atoms with Crippen LogP contribution in [0, 0.1) is 0 Å². The Morgan fingerprint density at radius 3 is 2.33 bits per heavy atom. The second-order valence-corrected chi connectivity index (χ2v) is 4.90. The monoisotopic (exact) mass is 169 g/mol. The van der Waals surface area contributed by atoms with Gasteiger partial charge in [0.05, 0.1) is 5.54 Å². The van der Waals surface area contributed by atoms with Crippen molar-refractivity contribution in [2.45, 2.75) is 51.6 Å². The molecule has 1 aliphatic heterocycles. The Morgan fingerprint density at radius 2 is 2.00 bits per heavy atom. The van der Waals surface area contributed by atoms with E-state index in [4.69, 9.17) is 0 Å². The molecule has 0 bridgehead atoms. The molecule has 0 spiro atoms.